The van der Waals surface area contributed by atoms with E-state index >= 15 is 0 Å². The maximum absolute atomic E-state index is 5.43. The van der Waals surface area contributed by atoms with Crippen molar-refractivity contribution in [1.29, 1.82) is 0 Å². The first-order valence-electron chi connectivity index (χ1n) is 6.19. The Balaban J connectivity index is 1.92. The molecule has 3 heterocycles. The van der Waals surface area contributed by atoms with Gasteiger partial charge >= 0.3 is 0 Å². The molecule has 0 aliphatic carbocycles. The van der Waals surface area contributed by atoms with Gasteiger partial charge in [0.25, 0.3) is 0 Å². The van der Waals surface area contributed by atoms with Crippen molar-refractivity contribution in [3.05, 3.63) is 32.8 Å². The minimum absolute atomic E-state index is 0.434. The van der Waals surface area contributed by atoms with Crippen LogP contribution in [0.5, 0.6) is 0 Å². The number of hydrazine groups is 1. The van der Waals surface area contributed by atoms with Gasteiger partial charge in [-0.2, -0.15) is 4.98 Å². The van der Waals surface area contributed by atoms with Crippen LogP contribution in [0.3, 0.4) is 0 Å². The second-order valence-electron chi connectivity index (χ2n) is 4.48. The van der Waals surface area contributed by atoms with Gasteiger partial charge in [0.15, 0.2) is 0 Å². The highest BCUT2D eigenvalue weighted by molar-refractivity contribution is 7.18. The number of nitrogens with zero attached hydrogens (tertiary/aromatic N) is 2. The third-order valence-electron chi connectivity index (χ3n) is 2.87. The van der Waals surface area contributed by atoms with Crippen LogP contribution in [0.4, 0.5) is 11.8 Å². The smallest absolute Gasteiger partial charge is 0.240 e. The molecular formula is C13H15N5S2. The average molecular weight is 305 g/mol. The molecule has 0 radical (unpaired) electrons. The van der Waals surface area contributed by atoms with Crippen molar-refractivity contribution >= 4 is 44.7 Å². The Morgan fingerprint density at radius 2 is 2.00 bits per heavy atom. The predicted octanol–water partition coefficient (Wildman–Crippen LogP) is 3.27. The van der Waals surface area contributed by atoms with Crippen LogP contribution in [0.25, 0.3) is 10.2 Å². The van der Waals surface area contributed by atoms with Gasteiger partial charge < -0.3 is 5.32 Å². The van der Waals surface area contributed by atoms with E-state index in [0.717, 1.165) is 22.6 Å². The molecule has 20 heavy (non-hydrogen) atoms. The third-order valence-corrected chi connectivity index (χ3v) is 4.82. The van der Waals surface area contributed by atoms with Crippen molar-refractivity contribution in [3.63, 3.8) is 0 Å². The summed E-state index contributed by atoms with van der Waals surface area (Å²) in [7, 11) is 0. The Morgan fingerprint density at radius 3 is 2.70 bits per heavy atom. The molecule has 3 rings (SSSR count). The van der Waals surface area contributed by atoms with Crippen molar-refractivity contribution in [2.45, 2.75) is 20.4 Å². The summed E-state index contributed by atoms with van der Waals surface area (Å²) in [6.07, 6.45) is 0. The van der Waals surface area contributed by atoms with E-state index in [9.17, 15) is 0 Å². The molecule has 0 aromatic carbocycles. The van der Waals surface area contributed by atoms with Crippen LogP contribution in [-0.2, 0) is 6.54 Å². The van der Waals surface area contributed by atoms with Crippen molar-refractivity contribution in [3.8, 4) is 0 Å². The molecule has 0 amide bonds. The summed E-state index contributed by atoms with van der Waals surface area (Å²) in [6.45, 7) is 4.92. The maximum Gasteiger partial charge on any atom is 0.240 e. The van der Waals surface area contributed by atoms with Crippen LogP contribution in [0.15, 0.2) is 18.2 Å². The molecule has 0 fully saturated rings. The molecule has 0 aliphatic rings. The Hall–Kier alpha value is -1.70. The number of fused-ring (bicyclic) bond motifs is 1. The van der Waals surface area contributed by atoms with Gasteiger partial charge in [-0.25, -0.2) is 10.8 Å². The zero-order valence-corrected chi connectivity index (χ0v) is 12.9. The molecule has 0 saturated carbocycles. The molecule has 0 atom stereocenters. The van der Waals surface area contributed by atoms with E-state index in [1.165, 1.54) is 14.6 Å². The van der Waals surface area contributed by atoms with E-state index in [1.807, 2.05) is 0 Å². The molecule has 0 unspecified atom stereocenters. The van der Waals surface area contributed by atoms with Crippen molar-refractivity contribution in [1.82, 2.24) is 9.97 Å². The van der Waals surface area contributed by atoms with Crippen LogP contribution < -0.4 is 16.6 Å². The summed E-state index contributed by atoms with van der Waals surface area (Å²) in [5.74, 6) is 6.68. The minimum Gasteiger partial charge on any atom is -0.364 e. The number of rotatable bonds is 4. The first kappa shape index (κ1) is 13.3. The van der Waals surface area contributed by atoms with Gasteiger partial charge in [-0.1, -0.05) is 0 Å². The number of hydrogen-bond acceptors (Lipinski definition) is 7. The summed E-state index contributed by atoms with van der Waals surface area (Å²) in [5.41, 5.74) is 2.52. The standard InChI is InChI=1S/C13H15N5S2/c1-7-3-4-9(19-7)6-15-11-10-5-8(2)20-12(10)17-13(16-11)18-14/h3-5H,6,14H2,1-2H3,(H2,15,16,17,18). The van der Waals surface area contributed by atoms with Crippen LogP contribution in [0.1, 0.15) is 14.6 Å². The molecule has 4 N–H and O–H groups in total. The van der Waals surface area contributed by atoms with Gasteiger partial charge in [0.05, 0.1) is 11.9 Å². The van der Waals surface area contributed by atoms with Gasteiger partial charge in [0.2, 0.25) is 5.95 Å². The van der Waals surface area contributed by atoms with Gasteiger partial charge in [-0.05, 0) is 32.0 Å². The summed E-state index contributed by atoms with van der Waals surface area (Å²) in [4.78, 5) is 13.5. The Kier molecular flexibility index (Phi) is 3.56. The summed E-state index contributed by atoms with van der Waals surface area (Å²) in [6, 6.07) is 6.35. The number of nitrogens with two attached hydrogens (primary N) is 1. The summed E-state index contributed by atoms with van der Waals surface area (Å²) < 4.78 is 0. The Bertz CT molecular complexity index is 746. The maximum atomic E-state index is 5.43. The monoisotopic (exact) mass is 305 g/mol. The summed E-state index contributed by atoms with van der Waals surface area (Å²) in [5, 5.41) is 4.42. The SMILES string of the molecule is Cc1ccc(CNc2nc(NN)nc3sc(C)cc23)s1. The molecular weight excluding hydrogens is 290 g/mol. The number of hydrogen-bond donors (Lipinski definition) is 3. The Morgan fingerprint density at radius 1 is 1.15 bits per heavy atom. The van der Waals surface area contributed by atoms with Gasteiger partial charge in [-0.3, -0.25) is 5.43 Å². The Labute approximate surface area is 124 Å². The number of anilines is 2. The number of aromatic nitrogens is 2. The van der Waals surface area contributed by atoms with E-state index in [2.05, 4.69) is 52.8 Å². The number of thiophene rings is 2. The molecule has 7 heteroatoms. The second kappa shape index (κ2) is 5.35. The lowest BCUT2D eigenvalue weighted by molar-refractivity contribution is 1.11. The number of nitrogen functional groups attached to an aromatic ring is 1. The predicted molar refractivity (Wildman–Crippen MR) is 86.3 cm³/mol. The zero-order chi connectivity index (χ0) is 14.1. The molecule has 0 aliphatic heterocycles. The van der Waals surface area contributed by atoms with Crippen molar-refractivity contribution in [2.24, 2.45) is 5.84 Å². The normalized spacial score (nSPS) is 10.9. The lowest BCUT2D eigenvalue weighted by Gasteiger charge is -2.07. The molecule has 3 aromatic heterocycles. The lowest BCUT2D eigenvalue weighted by atomic mass is 10.3. The first-order valence-corrected chi connectivity index (χ1v) is 7.83. The van der Waals surface area contributed by atoms with E-state index in [1.54, 1.807) is 22.7 Å². The molecule has 5 nitrogen and oxygen atoms in total. The van der Waals surface area contributed by atoms with E-state index < -0.39 is 0 Å². The fraction of sp³-hybridized carbons (Fsp3) is 0.231. The van der Waals surface area contributed by atoms with Crippen LogP contribution in [-0.4, -0.2) is 9.97 Å². The molecule has 104 valence electrons. The minimum atomic E-state index is 0.434. The quantitative estimate of drug-likeness (QED) is 0.509. The topological polar surface area (TPSA) is 75.9 Å². The van der Waals surface area contributed by atoms with Crippen LogP contribution in [0, 0.1) is 13.8 Å². The lowest BCUT2D eigenvalue weighted by Crippen LogP contribution is -2.11. The number of nitrogens with one attached hydrogen (secondary N) is 2. The molecule has 0 saturated heterocycles. The fourth-order valence-electron chi connectivity index (χ4n) is 1.99. The van der Waals surface area contributed by atoms with Gasteiger partial charge in [0, 0.05) is 14.6 Å². The van der Waals surface area contributed by atoms with Crippen molar-refractivity contribution < 1.29 is 0 Å². The van der Waals surface area contributed by atoms with E-state index in [-0.39, 0.29) is 0 Å². The van der Waals surface area contributed by atoms with Crippen LogP contribution >= 0.6 is 22.7 Å². The van der Waals surface area contributed by atoms with Gasteiger partial charge in [0.1, 0.15) is 10.6 Å². The van der Waals surface area contributed by atoms with Crippen molar-refractivity contribution in [2.75, 3.05) is 10.7 Å². The second-order valence-corrected chi connectivity index (χ2v) is 7.09. The molecule has 0 bridgehead atoms. The van der Waals surface area contributed by atoms with E-state index in [0.29, 0.717) is 5.95 Å². The summed E-state index contributed by atoms with van der Waals surface area (Å²) >= 11 is 3.42. The van der Waals surface area contributed by atoms with Crippen LogP contribution in [0.2, 0.25) is 0 Å². The highest BCUT2D eigenvalue weighted by Gasteiger charge is 2.10. The van der Waals surface area contributed by atoms with E-state index in [4.69, 9.17) is 5.84 Å². The molecule has 0 spiro atoms. The number of aryl methyl sites for hydroxylation is 2. The fourth-order valence-corrected chi connectivity index (χ4v) is 3.70. The molecule has 3 aromatic rings. The van der Waals surface area contributed by atoms with Gasteiger partial charge in [-0.15, -0.1) is 22.7 Å². The largest absolute Gasteiger partial charge is 0.364 e. The third kappa shape index (κ3) is 2.60. The first-order chi connectivity index (χ1) is 9.65. The zero-order valence-electron chi connectivity index (χ0n) is 11.2. The highest BCUT2D eigenvalue weighted by Crippen LogP contribution is 2.30. The average Bonchev–Trinajstić information content (AvgIpc) is 3.00. The highest BCUT2D eigenvalue weighted by atomic mass is 32.1.